The van der Waals surface area contributed by atoms with E-state index in [0.717, 1.165) is 11.3 Å². The molecule has 2 N–H and O–H groups in total. The van der Waals surface area contributed by atoms with Gasteiger partial charge in [0.1, 0.15) is 0 Å². The molecular formula is C16H18N4O2. The zero-order valence-electron chi connectivity index (χ0n) is 12.8. The molecule has 1 aliphatic heterocycles. The average Bonchev–Trinajstić information content (AvgIpc) is 2.85. The van der Waals surface area contributed by atoms with Crippen LogP contribution in [-0.2, 0) is 17.3 Å². The molecule has 114 valence electrons. The first-order valence-electron chi connectivity index (χ1n) is 7.09. The van der Waals surface area contributed by atoms with Gasteiger partial charge in [-0.3, -0.25) is 14.3 Å². The predicted molar refractivity (Wildman–Crippen MR) is 83.9 cm³/mol. The number of fused-ring (bicyclic) bond motifs is 1. The molecule has 0 bridgehead atoms. The fourth-order valence-corrected chi connectivity index (χ4v) is 2.72. The van der Waals surface area contributed by atoms with Gasteiger partial charge in [-0.2, -0.15) is 5.10 Å². The zero-order valence-corrected chi connectivity index (χ0v) is 12.8. The maximum Gasteiger partial charge on any atom is 0.258 e. The van der Waals surface area contributed by atoms with Crippen LogP contribution in [0.4, 0.5) is 11.4 Å². The quantitative estimate of drug-likeness (QED) is 0.893. The highest BCUT2D eigenvalue weighted by Crippen LogP contribution is 2.38. The lowest BCUT2D eigenvalue weighted by Gasteiger charge is -2.32. The number of amides is 2. The number of carbonyl (C=O) groups excluding carboxylic acids is 2. The van der Waals surface area contributed by atoms with Crippen molar-refractivity contribution in [3.63, 3.8) is 0 Å². The maximum atomic E-state index is 12.2. The first-order valence-corrected chi connectivity index (χ1v) is 7.09. The summed E-state index contributed by atoms with van der Waals surface area (Å²) in [5, 5.41) is 9.72. The Morgan fingerprint density at radius 3 is 2.86 bits per heavy atom. The molecule has 0 saturated heterocycles. The number of hydrogen-bond donors (Lipinski definition) is 2. The van der Waals surface area contributed by atoms with Crippen molar-refractivity contribution in [1.29, 1.82) is 0 Å². The van der Waals surface area contributed by atoms with Crippen molar-refractivity contribution in [1.82, 2.24) is 9.78 Å². The third kappa shape index (κ3) is 2.59. The van der Waals surface area contributed by atoms with Gasteiger partial charge in [-0.25, -0.2) is 0 Å². The Bertz CT molecular complexity index is 761. The topological polar surface area (TPSA) is 76.0 Å². The number of benzene rings is 1. The molecule has 0 unspecified atom stereocenters. The molecule has 2 amide bonds. The van der Waals surface area contributed by atoms with Crippen LogP contribution in [0.1, 0.15) is 36.2 Å². The fourth-order valence-electron chi connectivity index (χ4n) is 2.72. The summed E-state index contributed by atoms with van der Waals surface area (Å²) in [4.78, 5) is 23.9. The van der Waals surface area contributed by atoms with Gasteiger partial charge in [0.15, 0.2) is 0 Å². The van der Waals surface area contributed by atoms with Crippen LogP contribution in [0.25, 0.3) is 0 Å². The third-order valence-electron chi connectivity index (χ3n) is 3.85. The van der Waals surface area contributed by atoms with Crippen molar-refractivity contribution in [2.24, 2.45) is 7.05 Å². The van der Waals surface area contributed by atoms with Crippen molar-refractivity contribution in [2.45, 2.75) is 25.7 Å². The van der Waals surface area contributed by atoms with Crippen LogP contribution in [0.2, 0.25) is 0 Å². The maximum absolute atomic E-state index is 12.2. The highest BCUT2D eigenvalue weighted by Gasteiger charge is 2.32. The Labute approximate surface area is 128 Å². The Balaban J connectivity index is 1.88. The first-order chi connectivity index (χ1) is 10.3. The summed E-state index contributed by atoms with van der Waals surface area (Å²) in [6, 6.07) is 5.53. The summed E-state index contributed by atoms with van der Waals surface area (Å²) < 4.78 is 1.58. The molecule has 2 heterocycles. The van der Waals surface area contributed by atoms with Gasteiger partial charge in [0.25, 0.3) is 5.91 Å². The highest BCUT2D eigenvalue weighted by atomic mass is 16.2. The Morgan fingerprint density at radius 2 is 2.18 bits per heavy atom. The number of nitrogens with one attached hydrogen (secondary N) is 2. The number of aryl methyl sites for hydroxylation is 1. The summed E-state index contributed by atoms with van der Waals surface area (Å²) in [5.74, 6) is -0.185. The van der Waals surface area contributed by atoms with Crippen molar-refractivity contribution in [3.8, 4) is 0 Å². The third-order valence-corrected chi connectivity index (χ3v) is 3.85. The van der Waals surface area contributed by atoms with E-state index in [9.17, 15) is 9.59 Å². The van der Waals surface area contributed by atoms with E-state index in [0.29, 0.717) is 17.7 Å². The highest BCUT2D eigenvalue weighted by molar-refractivity contribution is 6.04. The minimum Gasteiger partial charge on any atom is -0.326 e. The summed E-state index contributed by atoms with van der Waals surface area (Å²) in [5.41, 5.74) is 2.79. The molecule has 2 aromatic rings. The van der Waals surface area contributed by atoms with Gasteiger partial charge in [0.2, 0.25) is 5.91 Å². The van der Waals surface area contributed by atoms with Crippen LogP contribution in [0.5, 0.6) is 0 Å². The van der Waals surface area contributed by atoms with Gasteiger partial charge in [-0.05, 0) is 23.8 Å². The fraction of sp³-hybridized carbons (Fsp3) is 0.312. The summed E-state index contributed by atoms with van der Waals surface area (Å²) in [7, 11) is 1.76. The molecule has 0 aliphatic carbocycles. The molecule has 0 radical (unpaired) electrons. The van der Waals surface area contributed by atoms with E-state index in [-0.39, 0.29) is 17.2 Å². The minimum atomic E-state index is -0.257. The van der Waals surface area contributed by atoms with E-state index >= 15 is 0 Å². The second-order valence-corrected chi connectivity index (χ2v) is 6.23. The van der Waals surface area contributed by atoms with Crippen molar-refractivity contribution in [2.75, 3.05) is 10.6 Å². The van der Waals surface area contributed by atoms with E-state index in [1.54, 1.807) is 24.0 Å². The lowest BCUT2D eigenvalue weighted by atomic mass is 9.78. The molecule has 22 heavy (non-hydrogen) atoms. The monoisotopic (exact) mass is 298 g/mol. The number of hydrogen-bond acceptors (Lipinski definition) is 3. The average molecular weight is 298 g/mol. The molecule has 3 rings (SSSR count). The Kier molecular flexibility index (Phi) is 3.24. The van der Waals surface area contributed by atoms with Crippen LogP contribution >= 0.6 is 0 Å². The van der Waals surface area contributed by atoms with Crippen LogP contribution in [0.3, 0.4) is 0 Å². The molecular weight excluding hydrogens is 280 g/mol. The second kappa shape index (κ2) is 4.98. The normalized spacial score (nSPS) is 15.9. The first kappa shape index (κ1) is 14.3. The van der Waals surface area contributed by atoms with Gasteiger partial charge in [-0.1, -0.05) is 13.8 Å². The van der Waals surface area contributed by atoms with Crippen LogP contribution in [0.15, 0.2) is 30.6 Å². The molecule has 0 fully saturated rings. The Hall–Kier alpha value is -2.63. The predicted octanol–water partition coefficient (Wildman–Crippen LogP) is 2.29. The van der Waals surface area contributed by atoms with E-state index in [4.69, 9.17) is 0 Å². The molecule has 1 aliphatic rings. The second-order valence-electron chi connectivity index (χ2n) is 6.23. The molecule has 0 saturated carbocycles. The number of rotatable bonds is 2. The largest absolute Gasteiger partial charge is 0.326 e. The van der Waals surface area contributed by atoms with Gasteiger partial charge in [0.05, 0.1) is 11.8 Å². The standard InChI is InChI=1S/C16H18N4O2/c1-16(2)7-14(21)19-13-5-4-11(6-12(13)16)18-15(22)10-8-17-20(3)9-10/h4-6,8-9H,7H2,1-3H3,(H,18,22)(H,19,21). The van der Waals surface area contributed by atoms with Gasteiger partial charge in [0, 0.05) is 36.5 Å². The van der Waals surface area contributed by atoms with E-state index in [1.165, 1.54) is 6.20 Å². The summed E-state index contributed by atoms with van der Waals surface area (Å²) >= 11 is 0. The molecule has 1 aromatic carbocycles. The van der Waals surface area contributed by atoms with E-state index < -0.39 is 0 Å². The van der Waals surface area contributed by atoms with Crippen molar-refractivity contribution in [3.05, 3.63) is 41.7 Å². The summed E-state index contributed by atoms with van der Waals surface area (Å²) in [6.45, 7) is 4.05. The molecule has 0 spiro atoms. The van der Waals surface area contributed by atoms with Crippen molar-refractivity contribution >= 4 is 23.2 Å². The van der Waals surface area contributed by atoms with Crippen LogP contribution < -0.4 is 10.6 Å². The van der Waals surface area contributed by atoms with E-state index in [1.807, 2.05) is 26.0 Å². The lowest BCUT2D eigenvalue weighted by Crippen LogP contribution is -2.32. The number of aromatic nitrogens is 2. The van der Waals surface area contributed by atoms with Crippen LogP contribution in [-0.4, -0.2) is 21.6 Å². The zero-order chi connectivity index (χ0) is 15.9. The van der Waals surface area contributed by atoms with Crippen LogP contribution in [0, 0.1) is 0 Å². The Morgan fingerprint density at radius 1 is 1.41 bits per heavy atom. The number of anilines is 2. The van der Waals surface area contributed by atoms with Gasteiger partial charge < -0.3 is 10.6 Å². The van der Waals surface area contributed by atoms with Crippen molar-refractivity contribution < 1.29 is 9.59 Å². The van der Waals surface area contributed by atoms with Gasteiger partial charge in [-0.15, -0.1) is 0 Å². The molecule has 1 aromatic heterocycles. The smallest absolute Gasteiger partial charge is 0.258 e. The molecule has 6 heteroatoms. The SMILES string of the molecule is Cn1cc(C(=O)Nc2ccc3c(c2)C(C)(C)CC(=O)N3)cn1. The number of carbonyl (C=O) groups is 2. The molecule has 0 atom stereocenters. The summed E-state index contributed by atoms with van der Waals surface area (Å²) in [6.07, 6.45) is 3.62. The van der Waals surface area contributed by atoms with Gasteiger partial charge >= 0.3 is 0 Å². The van der Waals surface area contributed by atoms with E-state index in [2.05, 4.69) is 15.7 Å². The number of nitrogens with zero attached hydrogens (tertiary/aromatic N) is 2. The minimum absolute atomic E-state index is 0.0182. The lowest BCUT2D eigenvalue weighted by molar-refractivity contribution is -0.117. The molecule has 6 nitrogen and oxygen atoms in total.